The Morgan fingerprint density at radius 2 is 1.79 bits per heavy atom. The molecule has 4 heteroatoms. The molecule has 2 aromatic carbocycles. The molecule has 0 bridgehead atoms. The number of hydrogen-bond donors (Lipinski definition) is 2. The van der Waals surface area contributed by atoms with E-state index in [1.54, 1.807) is 0 Å². The number of amides is 1. The summed E-state index contributed by atoms with van der Waals surface area (Å²) in [5, 5.41) is 3.46. The highest BCUT2D eigenvalue weighted by molar-refractivity contribution is 7.17. The van der Waals surface area contributed by atoms with Gasteiger partial charge in [0.05, 0.1) is 4.88 Å². The third kappa shape index (κ3) is 2.59. The molecule has 0 spiro atoms. The molecule has 3 aromatic rings. The Bertz CT molecular complexity index is 899. The van der Waals surface area contributed by atoms with Crippen molar-refractivity contribution < 1.29 is 4.79 Å². The van der Waals surface area contributed by atoms with Crippen LogP contribution >= 0.6 is 11.3 Å². The van der Waals surface area contributed by atoms with Crippen molar-refractivity contribution in [2.75, 3.05) is 5.32 Å². The highest BCUT2D eigenvalue weighted by Crippen LogP contribution is 2.43. The van der Waals surface area contributed by atoms with Crippen molar-refractivity contribution in [2.24, 2.45) is 5.73 Å². The molecule has 1 aliphatic heterocycles. The van der Waals surface area contributed by atoms with E-state index in [-0.39, 0.29) is 5.91 Å². The molecule has 0 saturated carbocycles. The molecular weight excluding hydrogens is 316 g/mol. The van der Waals surface area contributed by atoms with Crippen LogP contribution in [0.3, 0.4) is 0 Å². The van der Waals surface area contributed by atoms with Crippen LogP contribution in [0.4, 0.5) is 5.69 Å². The number of thiophene rings is 1. The highest BCUT2D eigenvalue weighted by atomic mass is 32.1. The number of anilines is 1. The van der Waals surface area contributed by atoms with Crippen molar-refractivity contribution in [2.45, 2.75) is 19.4 Å². The lowest BCUT2D eigenvalue weighted by Crippen LogP contribution is -2.13. The van der Waals surface area contributed by atoms with E-state index in [4.69, 9.17) is 5.73 Å². The molecule has 0 unspecified atom stereocenters. The van der Waals surface area contributed by atoms with Crippen LogP contribution in [-0.2, 0) is 19.4 Å². The summed E-state index contributed by atoms with van der Waals surface area (Å²) in [7, 11) is 0. The lowest BCUT2D eigenvalue weighted by molar-refractivity contribution is 0.100. The molecule has 3 N–H and O–H groups in total. The summed E-state index contributed by atoms with van der Waals surface area (Å²) in [6.45, 7) is 0.750. The number of carbonyl (C=O) groups is 1. The van der Waals surface area contributed by atoms with Crippen LogP contribution in [0.5, 0.6) is 0 Å². The summed E-state index contributed by atoms with van der Waals surface area (Å²) in [5.41, 5.74) is 11.6. The number of aryl methyl sites for hydroxylation is 1. The van der Waals surface area contributed by atoms with Crippen LogP contribution < -0.4 is 11.1 Å². The Hall–Kier alpha value is -2.59. The van der Waals surface area contributed by atoms with Gasteiger partial charge in [0.2, 0.25) is 0 Å². The zero-order chi connectivity index (χ0) is 16.5. The van der Waals surface area contributed by atoms with E-state index in [9.17, 15) is 4.79 Å². The largest absolute Gasteiger partial charge is 0.380 e. The van der Waals surface area contributed by atoms with Crippen molar-refractivity contribution in [3.8, 4) is 10.4 Å². The van der Waals surface area contributed by atoms with Gasteiger partial charge in [-0.15, -0.1) is 11.3 Å². The number of rotatable bonds is 4. The lowest BCUT2D eigenvalue weighted by atomic mass is 9.95. The Kier molecular flexibility index (Phi) is 3.82. The molecule has 0 atom stereocenters. The van der Waals surface area contributed by atoms with Crippen LogP contribution in [0.25, 0.3) is 10.4 Å². The number of nitrogens with one attached hydrogen (secondary N) is 1. The van der Waals surface area contributed by atoms with Crippen LogP contribution in [0.15, 0.2) is 54.6 Å². The second-order valence-corrected chi connectivity index (χ2v) is 6.99. The van der Waals surface area contributed by atoms with Gasteiger partial charge >= 0.3 is 0 Å². The topological polar surface area (TPSA) is 55.1 Å². The number of primary amides is 1. The lowest BCUT2D eigenvalue weighted by Gasteiger charge is -2.19. The van der Waals surface area contributed by atoms with Gasteiger partial charge in [0.15, 0.2) is 0 Å². The molecule has 3 nitrogen and oxygen atoms in total. The van der Waals surface area contributed by atoms with Crippen LogP contribution in [-0.4, -0.2) is 5.91 Å². The second-order valence-electron chi connectivity index (χ2n) is 5.97. The Balaban J connectivity index is 1.74. The fraction of sp³-hybridized carbons (Fsp3) is 0.150. The maximum absolute atomic E-state index is 12.0. The molecule has 0 radical (unpaired) electrons. The van der Waals surface area contributed by atoms with Gasteiger partial charge < -0.3 is 11.1 Å². The van der Waals surface area contributed by atoms with Crippen LogP contribution in [0.1, 0.15) is 26.4 Å². The van der Waals surface area contributed by atoms with Gasteiger partial charge in [0.25, 0.3) is 5.91 Å². The van der Waals surface area contributed by atoms with E-state index < -0.39 is 0 Å². The normalized spacial score (nSPS) is 12.2. The average Bonchev–Trinajstić information content (AvgIpc) is 3.00. The zero-order valence-corrected chi connectivity index (χ0v) is 14.0. The molecule has 120 valence electrons. The first-order valence-corrected chi connectivity index (χ1v) is 8.87. The highest BCUT2D eigenvalue weighted by Gasteiger charge is 2.25. The van der Waals surface area contributed by atoms with Crippen molar-refractivity contribution in [1.82, 2.24) is 0 Å². The Morgan fingerprint density at radius 3 is 2.58 bits per heavy atom. The number of hydrogen-bond acceptors (Lipinski definition) is 3. The predicted octanol–water partition coefficient (Wildman–Crippen LogP) is 4.22. The molecule has 1 amide bonds. The van der Waals surface area contributed by atoms with Gasteiger partial charge in [-0.05, 0) is 35.6 Å². The maximum atomic E-state index is 12.0. The molecule has 0 aliphatic carbocycles. The molecule has 0 fully saturated rings. The number of nitrogens with two attached hydrogens (primary N) is 1. The van der Waals surface area contributed by atoms with Crippen LogP contribution in [0.2, 0.25) is 0 Å². The Labute approximate surface area is 145 Å². The van der Waals surface area contributed by atoms with E-state index >= 15 is 0 Å². The van der Waals surface area contributed by atoms with E-state index in [1.807, 2.05) is 30.3 Å². The average molecular weight is 334 g/mol. The third-order valence-corrected chi connectivity index (χ3v) is 5.80. The van der Waals surface area contributed by atoms with Crippen molar-refractivity contribution >= 4 is 22.9 Å². The minimum Gasteiger partial charge on any atom is -0.380 e. The Morgan fingerprint density at radius 1 is 1.04 bits per heavy atom. The van der Waals surface area contributed by atoms with Gasteiger partial charge in [0, 0.05) is 22.7 Å². The van der Waals surface area contributed by atoms with Gasteiger partial charge in [-0.2, -0.15) is 0 Å². The van der Waals surface area contributed by atoms with Gasteiger partial charge in [-0.3, -0.25) is 4.79 Å². The first-order valence-electron chi connectivity index (χ1n) is 8.05. The number of para-hydroxylation sites is 1. The second kappa shape index (κ2) is 6.13. The van der Waals surface area contributed by atoms with Gasteiger partial charge in [0.1, 0.15) is 0 Å². The van der Waals surface area contributed by atoms with E-state index in [2.05, 4.69) is 29.6 Å². The minimum atomic E-state index is -0.324. The first kappa shape index (κ1) is 15.0. The number of carbonyl (C=O) groups excluding carboxylic acids is 1. The van der Waals surface area contributed by atoms with E-state index in [1.165, 1.54) is 27.3 Å². The summed E-state index contributed by atoms with van der Waals surface area (Å²) >= 11 is 1.53. The molecule has 0 saturated heterocycles. The van der Waals surface area contributed by atoms with Crippen molar-refractivity contribution in [1.29, 1.82) is 0 Å². The third-order valence-electron chi connectivity index (χ3n) is 4.47. The van der Waals surface area contributed by atoms with Crippen LogP contribution in [0, 0.1) is 0 Å². The van der Waals surface area contributed by atoms with Crippen molar-refractivity contribution in [3.63, 3.8) is 0 Å². The fourth-order valence-corrected chi connectivity index (χ4v) is 4.56. The smallest absolute Gasteiger partial charge is 0.259 e. The summed E-state index contributed by atoms with van der Waals surface area (Å²) in [5.74, 6) is -0.324. The summed E-state index contributed by atoms with van der Waals surface area (Å²) < 4.78 is 0. The minimum absolute atomic E-state index is 0.324. The van der Waals surface area contributed by atoms with E-state index in [0.29, 0.717) is 4.88 Å². The number of fused-ring (bicyclic) bond motifs is 3. The summed E-state index contributed by atoms with van der Waals surface area (Å²) in [6, 6.07) is 18.6. The quantitative estimate of drug-likeness (QED) is 0.750. The standard InChI is InChI=1S/C20H18N2OS/c21-20(23)19-14(11-10-13-6-2-1-3-7-13)16-12-22-17-9-5-4-8-15(17)18(16)24-19/h1-9,22H,10-12H2,(H2,21,23). The predicted molar refractivity (Wildman–Crippen MR) is 99.4 cm³/mol. The maximum Gasteiger partial charge on any atom is 0.259 e. The molecule has 1 aromatic heterocycles. The zero-order valence-electron chi connectivity index (χ0n) is 13.2. The van der Waals surface area contributed by atoms with Gasteiger partial charge in [-0.1, -0.05) is 48.5 Å². The molecule has 1 aliphatic rings. The van der Waals surface area contributed by atoms with E-state index in [0.717, 1.165) is 36.2 Å². The number of benzene rings is 2. The molecule has 4 rings (SSSR count). The van der Waals surface area contributed by atoms with Crippen molar-refractivity contribution in [3.05, 3.63) is 76.2 Å². The summed E-state index contributed by atoms with van der Waals surface area (Å²) in [4.78, 5) is 13.9. The fourth-order valence-electron chi connectivity index (χ4n) is 3.30. The monoisotopic (exact) mass is 334 g/mol. The molecular formula is C20H18N2OS. The molecule has 2 heterocycles. The summed E-state index contributed by atoms with van der Waals surface area (Å²) in [6.07, 6.45) is 1.74. The first-order chi connectivity index (χ1) is 11.7. The molecule has 24 heavy (non-hydrogen) atoms. The van der Waals surface area contributed by atoms with Gasteiger partial charge in [-0.25, -0.2) is 0 Å². The SMILES string of the molecule is NC(=O)c1sc2c(c1CCc1ccccc1)CNc1ccccc1-2.